The molecule has 3 heterocycles. The molecular formula is C13H13N3S. The van der Waals surface area contributed by atoms with Crippen molar-refractivity contribution in [3.63, 3.8) is 0 Å². The van der Waals surface area contributed by atoms with E-state index in [1.54, 1.807) is 11.3 Å². The number of fused-ring (bicyclic) bond motifs is 1. The fourth-order valence-corrected chi connectivity index (χ4v) is 2.91. The topological polar surface area (TPSA) is 30.2 Å². The van der Waals surface area contributed by atoms with Gasteiger partial charge in [0.1, 0.15) is 11.3 Å². The van der Waals surface area contributed by atoms with Crippen LogP contribution >= 0.6 is 11.3 Å². The van der Waals surface area contributed by atoms with Crippen LogP contribution in [0.1, 0.15) is 16.3 Å². The first-order chi connectivity index (χ1) is 8.15. The molecule has 0 aliphatic rings. The molecule has 17 heavy (non-hydrogen) atoms. The van der Waals surface area contributed by atoms with E-state index in [0.717, 1.165) is 22.0 Å². The highest BCUT2D eigenvalue weighted by molar-refractivity contribution is 7.15. The Morgan fingerprint density at radius 1 is 1.18 bits per heavy atom. The second-order valence-corrected chi connectivity index (χ2v) is 5.40. The Bertz CT molecular complexity index is 694. The summed E-state index contributed by atoms with van der Waals surface area (Å²) in [4.78, 5) is 10.3. The third-order valence-corrected chi connectivity index (χ3v) is 3.91. The number of aryl methyl sites for hydroxylation is 3. The summed E-state index contributed by atoms with van der Waals surface area (Å²) in [6.07, 6.45) is 4.10. The molecule has 0 radical (unpaired) electrons. The normalized spacial score (nSPS) is 11.2. The smallest absolute Gasteiger partial charge is 0.140 e. The molecule has 0 amide bonds. The van der Waals surface area contributed by atoms with Crippen LogP contribution in [0.3, 0.4) is 0 Å². The molecule has 0 aliphatic heterocycles. The molecule has 4 heteroatoms. The van der Waals surface area contributed by atoms with Crippen LogP contribution in [0.15, 0.2) is 24.5 Å². The number of imidazole rings is 1. The standard InChI is InChI=1S/C13H13N3S/c1-8-5-4-6-16-7-11(15-13(8)16)12-9(2)14-10(3)17-12/h4-7H,1-3H3. The highest BCUT2D eigenvalue weighted by atomic mass is 32.1. The summed E-state index contributed by atoms with van der Waals surface area (Å²) < 4.78 is 2.07. The number of aromatic nitrogens is 3. The molecule has 86 valence electrons. The summed E-state index contributed by atoms with van der Waals surface area (Å²) in [5.74, 6) is 0. The average Bonchev–Trinajstić information content (AvgIpc) is 2.82. The molecule has 0 spiro atoms. The Balaban J connectivity index is 2.25. The molecule has 3 aromatic heterocycles. The number of hydrogen-bond donors (Lipinski definition) is 0. The van der Waals surface area contributed by atoms with E-state index in [0.29, 0.717) is 0 Å². The van der Waals surface area contributed by atoms with Gasteiger partial charge in [-0.15, -0.1) is 11.3 Å². The van der Waals surface area contributed by atoms with Crippen LogP contribution in [0.2, 0.25) is 0 Å². The third kappa shape index (κ3) is 1.65. The number of hydrogen-bond acceptors (Lipinski definition) is 3. The predicted octanol–water partition coefficient (Wildman–Crippen LogP) is 3.38. The summed E-state index contributed by atoms with van der Waals surface area (Å²) in [5.41, 5.74) is 4.29. The molecule has 3 nitrogen and oxygen atoms in total. The summed E-state index contributed by atoms with van der Waals surface area (Å²) in [6.45, 7) is 6.15. The van der Waals surface area contributed by atoms with Crippen LogP contribution < -0.4 is 0 Å². The molecule has 0 aromatic carbocycles. The fraction of sp³-hybridized carbons (Fsp3) is 0.231. The molecule has 3 rings (SSSR count). The van der Waals surface area contributed by atoms with E-state index in [2.05, 4.69) is 28.6 Å². The van der Waals surface area contributed by atoms with E-state index in [1.807, 2.05) is 26.1 Å². The Labute approximate surface area is 104 Å². The number of pyridine rings is 1. The van der Waals surface area contributed by atoms with Crippen molar-refractivity contribution in [1.29, 1.82) is 0 Å². The lowest BCUT2D eigenvalue weighted by Crippen LogP contribution is -1.83. The zero-order valence-electron chi connectivity index (χ0n) is 10.1. The molecule has 0 unspecified atom stereocenters. The van der Waals surface area contributed by atoms with Crippen molar-refractivity contribution in [2.75, 3.05) is 0 Å². The van der Waals surface area contributed by atoms with Gasteiger partial charge in [0, 0.05) is 12.4 Å². The van der Waals surface area contributed by atoms with Gasteiger partial charge in [0.2, 0.25) is 0 Å². The lowest BCUT2D eigenvalue weighted by molar-refractivity contribution is 1.16. The maximum atomic E-state index is 4.69. The minimum Gasteiger partial charge on any atom is -0.306 e. The van der Waals surface area contributed by atoms with E-state index in [1.165, 1.54) is 10.4 Å². The zero-order valence-corrected chi connectivity index (χ0v) is 10.9. The summed E-state index contributed by atoms with van der Waals surface area (Å²) >= 11 is 1.70. The molecule has 0 fully saturated rings. The molecule has 0 bridgehead atoms. The monoisotopic (exact) mass is 243 g/mol. The highest BCUT2D eigenvalue weighted by Crippen LogP contribution is 2.29. The maximum Gasteiger partial charge on any atom is 0.140 e. The van der Waals surface area contributed by atoms with Crippen molar-refractivity contribution in [3.05, 3.63) is 40.8 Å². The van der Waals surface area contributed by atoms with E-state index >= 15 is 0 Å². The van der Waals surface area contributed by atoms with Crippen LogP contribution in [0.4, 0.5) is 0 Å². The Morgan fingerprint density at radius 2 is 2.00 bits per heavy atom. The Kier molecular flexibility index (Phi) is 2.26. The second kappa shape index (κ2) is 3.67. The van der Waals surface area contributed by atoms with E-state index < -0.39 is 0 Å². The van der Waals surface area contributed by atoms with Crippen molar-refractivity contribution >= 4 is 17.0 Å². The Hall–Kier alpha value is -1.68. The maximum absolute atomic E-state index is 4.69. The lowest BCUT2D eigenvalue weighted by Gasteiger charge is -1.93. The highest BCUT2D eigenvalue weighted by Gasteiger charge is 2.11. The third-order valence-electron chi connectivity index (χ3n) is 2.81. The SMILES string of the molecule is Cc1nc(C)c(-c2cn3cccc(C)c3n2)s1. The molecule has 3 aromatic rings. The molecule has 0 N–H and O–H groups in total. The van der Waals surface area contributed by atoms with Crippen LogP contribution in [-0.4, -0.2) is 14.4 Å². The lowest BCUT2D eigenvalue weighted by atomic mass is 10.3. The Morgan fingerprint density at radius 3 is 2.65 bits per heavy atom. The minimum atomic E-state index is 1.02. The largest absolute Gasteiger partial charge is 0.306 e. The van der Waals surface area contributed by atoms with Crippen LogP contribution in [-0.2, 0) is 0 Å². The number of thiazole rings is 1. The quantitative estimate of drug-likeness (QED) is 0.656. The van der Waals surface area contributed by atoms with Gasteiger partial charge in [-0.3, -0.25) is 0 Å². The summed E-state index contributed by atoms with van der Waals surface area (Å²) in [7, 11) is 0. The molecular weight excluding hydrogens is 230 g/mol. The fourth-order valence-electron chi connectivity index (χ4n) is 2.03. The predicted molar refractivity (Wildman–Crippen MR) is 70.5 cm³/mol. The van der Waals surface area contributed by atoms with Gasteiger partial charge in [0.15, 0.2) is 0 Å². The molecule has 0 saturated heterocycles. The first-order valence-corrected chi connectivity index (χ1v) is 6.35. The van der Waals surface area contributed by atoms with Gasteiger partial charge in [-0.05, 0) is 32.4 Å². The van der Waals surface area contributed by atoms with Crippen LogP contribution in [0, 0.1) is 20.8 Å². The molecule has 0 aliphatic carbocycles. The average molecular weight is 243 g/mol. The number of rotatable bonds is 1. The van der Waals surface area contributed by atoms with Gasteiger partial charge in [-0.25, -0.2) is 9.97 Å². The van der Waals surface area contributed by atoms with Gasteiger partial charge in [0.25, 0.3) is 0 Å². The van der Waals surface area contributed by atoms with Crippen LogP contribution in [0.25, 0.3) is 16.2 Å². The summed E-state index contributed by atoms with van der Waals surface area (Å²) in [5, 5.41) is 1.09. The van der Waals surface area contributed by atoms with Crippen molar-refractivity contribution in [1.82, 2.24) is 14.4 Å². The van der Waals surface area contributed by atoms with Crippen molar-refractivity contribution in [2.24, 2.45) is 0 Å². The molecule has 0 saturated carbocycles. The van der Waals surface area contributed by atoms with E-state index in [9.17, 15) is 0 Å². The van der Waals surface area contributed by atoms with E-state index in [4.69, 9.17) is 4.98 Å². The van der Waals surface area contributed by atoms with Crippen molar-refractivity contribution in [3.8, 4) is 10.6 Å². The summed E-state index contributed by atoms with van der Waals surface area (Å²) in [6, 6.07) is 4.12. The van der Waals surface area contributed by atoms with Gasteiger partial charge in [-0.2, -0.15) is 0 Å². The molecule has 0 atom stereocenters. The number of nitrogens with zero attached hydrogens (tertiary/aromatic N) is 3. The van der Waals surface area contributed by atoms with Gasteiger partial charge in [-0.1, -0.05) is 6.07 Å². The minimum absolute atomic E-state index is 1.02. The first-order valence-electron chi connectivity index (χ1n) is 5.54. The van der Waals surface area contributed by atoms with Crippen molar-refractivity contribution < 1.29 is 0 Å². The zero-order chi connectivity index (χ0) is 12.0. The second-order valence-electron chi connectivity index (χ2n) is 4.20. The van der Waals surface area contributed by atoms with Crippen LogP contribution in [0.5, 0.6) is 0 Å². The van der Waals surface area contributed by atoms with Gasteiger partial charge in [0.05, 0.1) is 15.6 Å². The van der Waals surface area contributed by atoms with Gasteiger partial charge >= 0.3 is 0 Å². The van der Waals surface area contributed by atoms with Gasteiger partial charge < -0.3 is 4.40 Å². The van der Waals surface area contributed by atoms with Crippen molar-refractivity contribution in [2.45, 2.75) is 20.8 Å². The first kappa shape index (κ1) is 10.5. The van der Waals surface area contributed by atoms with E-state index in [-0.39, 0.29) is 0 Å².